The van der Waals surface area contributed by atoms with Crippen molar-refractivity contribution in [2.45, 2.75) is 6.92 Å². The van der Waals surface area contributed by atoms with E-state index in [1.54, 1.807) is 29.2 Å². The van der Waals surface area contributed by atoms with Gasteiger partial charge in [-0.3, -0.25) is 4.99 Å². The van der Waals surface area contributed by atoms with Crippen LogP contribution in [-0.4, -0.2) is 23.2 Å². The number of fused-ring (bicyclic) bond motifs is 2. The molecule has 104 valence electrons. The Hall–Kier alpha value is -0.850. The highest BCUT2D eigenvalue weighted by Crippen LogP contribution is 2.44. The van der Waals surface area contributed by atoms with Crippen LogP contribution < -0.4 is 0 Å². The monoisotopic (exact) mass is 370 g/mol. The molecule has 0 saturated carbocycles. The van der Waals surface area contributed by atoms with Gasteiger partial charge >= 0.3 is 0 Å². The molecule has 2 aliphatic heterocycles. The Morgan fingerprint density at radius 2 is 2.20 bits per heavy atom. The van der Waals surface area contributed by atoms with Crippen molar-refractivity contribution in [2.24, 2.45) is 4.99 Å². The first-order chi connectivity index (χ1) is 9.24. The highest BCUT2D eigenvalue weighted by atomic mass is 79.9. The minimum Gasteiger partial charge on any atom is -0.317 e. The van der Waals surface area contributed by atoms with Crippen molar-refractivity contribution in [3.63, 3.8) is 0 Å². The predicted molar refractivity (Wildman–Crippen MR) is 91.3 cm³/mol. The van der Waals surface area contributed by atoms with Crippen molar-refractivity contribution >= 4 is 61.0 Å². The van der Waals surface area contributed by atoms with Gasteiger partial charge in [-0.1, -0.05) is 17.8 Å². The lowest BCUT2D eigenvalue weighted by Gasteiger charge is -2.15. The van der Waals surface area contributed by atoms with Gasteiger partial charge in [-0.25, -0.2) is 4.39 Å². The van der Waals surface area contributed by atoms with Crippen molar-refractivity contribution in [1.29, 1.82) is 0 Å². The van der Waals surface area contributed by atoms with Gasteiger partial charge in [0.25, 0.3) is 0 Å². The number of amidine groups is 1. The third-order valence-electron chi connectivity index (χ3n) is 3.39. The van der Waals surface area contributed by atoms with Crippen LogP contribution in [0.25, 0.3) is 15.8 Å². The number of hydrogen-bond donors (Lipinski definition) is 0. The number of rotatable bonds is 1. The first kappa shape index (κ1) is 14.1. The van der Waals surface area contributed by atoms with Gasteiger partial charge < -0.3 is 4.90 Å². The quantitative estimate of drug-likeness (QED) is 0.721. The number of thiophene rings is 1. The zero-order valence-electron chi connectivity index (χ0n) is 10.7. The summed E-state index contributed by atoms with van der Waals surface area (Å²) >= 11 is 3.38. The van der Waals surface area contributed by atoms with Gasteiger partial charge in [0.15, 0.2) is 5.17 Å². The van der Waals surface area contributed by atoms with E-state index < -0.39 is 0 Å². The van der Waals surface area contributed by atoms with Gasteiger partial charge in [0.1, 0.15) is 5.82 Å². The largest absolute Gasteiger partial charge is 0.317 e. The zero-order valence-corrected chi connectivity index (χ0v) is 14.1. The van der Waals surface area contributed by atoms with Crippen LogP contribution in [0.4, 0.5) is 4.39 Å². The minimum atomic E-state index is -0.140. The average molecular weight is 371 g/mol. The van der Waals surface area contributed by atoms with Gasteiger partial charge in [0.2, 0.25) is 0 Å². The third kappa shape index (κ3) is 2.01. The van der Waals surface area contributed by atoms with Crippen LogP contribution in [-0.2, 0) is 0 Å². The molecule has 0 bridgehead atoms. The van der Waals surface area contributed by atoms with Crippen LogP contribution >= 0.6 is 40.1 Å². The Morgan fingerprint density at radius 3 is 3.00 bits per heavy atom. The lowest BCUT2D eigenvalue weighted by Crippen LogP contribution is -2.19. The predicted octanol–water partition coefficient (Wildman–Crippen LogP) is 4.73. The number of aliphatic imine (C=N–C) groups is 1. The molecule has 0 saturated heterocycles. The third-order valence-corrected chi connectivity index (χ3v) is 5.53. The summed E-state index contributed by atoms with van der Waals surface area (Å²) in [4.78, 5) is 9.13. The maximum absolute atomic E-state index is 13.8. The van der Waals surface area contributed by atoms with Crippen LogP contribution in [0, 0.1) is 5.82 Å². The second kappa shape index (κ2) is 5.16. The van der Waals surface area contributed by atoms with E-state index in [-0.39, 0.29) is 22.8 Å². The highest BCUT2D eigenvalue weighted by molar-refractivity contribution is 8.93. The van der Waals surface area contributed by atoms with Crippen molar-refractivity contribution in [3.05, 3.63) is 39.9 Å². The summed E-state index contributed by atoms with van der Waals surface area (Å²) in [5, 5.41) is 1.81. The molecule has 0 unspecified atom stereocenters. The average Bonchev–Trinajstić information content (AvgIpc) is 3.02. The fourth-order valence-corrected chi connectivity index (χ4v) is 4.84. The molecule has 6 heteroatoms. The molecule has 20 heavy (non-hydrogen) atoms. The summed E-state index contributed by atoms with van der Waals surface area (Å²) in [6.07, 6.45) is 0. The minimum absolute atomic E-state index is 0. The van der Waals surface area contributed by atoms with Crippen LogP contribution in [0.1, 0.15) is 11.8 Å². The molecule has 0 fully saturated rings. The van der Waals surface area contributed by atoms with Crippen LogP contribution in [0.3, 0.4) is 0 Å². The molecule has 0 N–H and O–H groups in total. The van der Waals surface area contributed by atoms with Crippen LogP contribution in [0.5, 0.6) is 0 Å². The Kier molecular flexibility index (Phi) is 3.64. The van der Waals surface area contributed by atoms with Gasteiger partial charge in [0.05, 0.1) is 17.1 Å². The molecule has 2 aliphatic rings. The first-order valence-electron chi connectivity index (χ1n) is 6.13. The van der Waals surface area contributed by atoms with E-state index in [1.807, 2.05) is 12.1 Å². The molecule has 0 aliphatic carbocycles. The van der Waals surface area contributed by atoms with Gasteiger partial charge in [-0.05, 0) is 25.1 Å². The maximum atomic E-state index is 13.8. The topological polar surface area (TPSA) is 15.6 Å². The molecular weight excluding hydrogens is 359 g/mol. The Bertz CT molecular complexity index is 751. The highest BCUT2D eigenvalue weighted by Gasteiger charge is 2.31. The van der Waals surface area contributed by atoms with Gasteiger partial charge in [0, 0.05) is 21.5 Å². The molecule has 4 rings (SSSR count). The standard InChI is InChI=1S/C14H11FN2S2.BrH/c1-8-13(17-6-5-16-14(17)18-8)12-7-9-10(15)3-2-4-11(9)19-12;/h2-4,7H,5-6H2,1H3;1H. The Labute approximate surface area is 135 Å². The van der Waals surface area contributed by atoms with E-state index in [2.05, 4.69) is 16.8 Å². The summed E-state index contributed by atoms with van der Waals surface area (Å²) in [5.74, 6) is -0.140. The lowest BCUT2D eigenvalue weighted by molar-refractivity contribution is 0.639. The smallest absolute Gasteiger partial charge is 0.168 e. The molecule has 0 radical (unpaired) electrons. The number of allylic oxidation sites excluding steroid dienone is 1. The van der Waals surface area contributed by atoms with E-state index in [4.69, 9.17) is 0 Å². The number of halogens is 2. The molecule has 0 spiro atoms. The molecule has 0 atom stereocenters. The summed E-state index contributed by atoms with van der Waals surface area (Å²) in [6, 6.07) is 7.23. The van der Waals surface area contributed by atoms with Crippen molar-refractivity contribution < 1.29 is 4.39 Å². The maximum Gasteiger partial charge on any atom is 0.168 e. The number of hydrogen-bond acceptors (Lipinski definition) is 4. The summed E-state index contributed by atoms with van der Waals surface area (Å²) < 4.78 is 14.8. The number of thioether (sulfide) groups is 1. The molecule has 2 aromatic rings. The zero-order chi connectivity index (χ0) is 13.0. The first-order valence-corrected chi connectivity index (χ1v) is 7.76. The second-order valence-corrected chi connectivity index (χ2v) is 6.85. The van der Waals surface area contributed by atoms with Crippen molar-refractivity contribution in [2.75, 3.05) is 13.1 Å². The van der Waals surface area contributed by atoms with E-state index in [9.17, 15) is 4.39 Å². The molecule has 1 aromatic heterocycles. The van der Waals surface area contributed by atoms with Gasteiger partial charge in [-0.15, -0.1) is 28.3 Å². The van der Waals surface area contributed by atoms with E-state index in [1.165, 1.54) is 16.7 Å². The number of nitrogens with zero attached hydrogens (tertiary/aromatic N) is 2. The summed E-state index contributed by atoms with van der Waals surface area (Å²) in [6.45, 7) is 3.91. The van der Waals surface area contributed by atoms with E-state index >= 15 is 0 Å². The fraction of sp³-hybridized carbons (Fsp3) is 0.214. The fourth-order valence-electron chi connectivity index (χ4n) is 2.55. The van der Waals surface area contributed by atoms with Crippen molar-refractivity contribution in [3.8, 4) is 0 Å². The summed E-state index contributed by atoms with van der Waals surface area (Å²) in [5.41, 5.74) is 1.21. The molecule has 1 aromatic carbocycles. The summed E-state index contributed by atoms with van der Waals surface area (Å²) in [7, 11) is 0. The van der Waals surface area contributed by atoms with Gasteiger partial charge in [-0.2, -0.15) is 0 Å². The van der Waals surface area contributed by atoms with E-state index in [0.29, 0.717) is 0 Å². The second-order valence-electron chi connectivity index (χ2n) is 4.59. The Morgan fingerprint density at radius 1 is 1.35 bits per heavy atom. The molecule has 0 amide bonds. The van der Waals surface area contributed by atoms with Crippen LogP contribution in [0.2, 0.25) is 0 Å². The molecule has 2 nitrogen and oxygen atoms in total. The SMILES string of the molecule is Br.CC1=C(c2cc3c(F)cccc3s2)N2CCN=C2S1. The molecular formula is C14H12BrFN2S2. The van der Waals surface area contributed by atoms with Crippen LogP contribution in [0.15, 0.2) is 34.2 Å². The Balaban J connectivity index is 0.00000121. The lowest BCUT2D eigenvalue weighted by atomic mass is 10.2. The normalized spacial score (nSPS) is 17.5. The van der Waals surface area contributed by atoms with E-state index in [0.717, 1.165) is 33.2 Å². The van der Waals surface area contributed by atoms with Crippen molar-refractivity contribution in [1.82, 2.24) is 4.90 Å². The molecule has 3 heterocycles. The number of benzene rings is 1.